The summed E-state index contributed by atoms with van der Waals surface area (Å²) in [6.45, 7) is 1.03. The van der Waals surface area contributed by atoms with E-state index < -0.39 is 11.7 Å². The van der Waals surface area contributed by atoms with Gasteiger partial charge in [-0.25, -0.2) is 0 Å². The third-order valence-corrected chi connectivity index (χ3v) is 3.13. The zero-order chi connectivity index (χ0) is 13.3. The Bertz CT molecular complexity index is 516. The van der Waals surface area contributed by atoms with Crippen LogP contribution in [0.25, 0.3) is 0 Å². The van der Waals surface area contributed by atoms with Crippen LogP contribution >= 0.6 is 11.6 Å². The minimum absolute atomic E-state index is 0.345. The number of carbonyl (C=O) groups is 2. The highest BCUT2D eigenvalue weighted by molar-refractivity contribution is 6.52. The van der Waals surface area contributed by atoms with E-state index in [2.05, 4.69) is 5.32 Å². The summed E-state index contributed by atoms with van der Waals surface area (Å²) in [7, 11) is 3.25. The van der Waals surface area contributed by atoms with Crippen molar-refractivity contribution in [2.24, 2.45) is 0 Å². The Kier molecular flexibility index (Phi) is 3.54. The maximum atomic E-state index is 11.8. The molecule has 0 saturated carbocycles. The lowest BCUT2D eigenvalue weighted by Crippen LogP contribution is -2.35. The number of fused-ring (bicyclic) bond motifs is 1. The monoisotopic (exact) mass is 268 g/mol. The van der Waals surface area contributed by atoms with E-state index in [0.717, 1.165) is 0 Å². The molecule has 1 aliphatic heterocycles. The number of halogens is 1. The Balaban J connectivity index is 2.45. The Hall–Kier alpha value is -1.59. The third-order valence-electron chi connectivity index (χ3n) is 2.83. The van der Waals surface area contributed by atoms with Crippen LogP contribution in [0.5, 0.6) is 5.75 Å². The smallest absolute Gasteiger partial charge is 0.299 e. The first-order valence-electron chi connectivity index (χ1n) is 5.48. The van der Waals surface area contributed by atoms with Crippen molar-refractivity contribution in [2.45, 2.75) is 0 Å². The second kappa shape index (κ2) is 4.96. The van der Waals surface area contributed by atoms with E-state index in [1.165, 1.54) is 18.1 Å². The van der Waals surface area contributed by atoms with Gasteiger partial charge in [-0.05, 0) is 19.2 Å². The first-order chi connectivity index (χ1) is 8.60. The zero-order valence-corrected chi connectivity index (χ0v) is 10.9. The number of ether oxygens (including phenoxy) is 1. The molecular weight excluding hydrogens is 256 g/mol. The molecule has 0 saturated heterocycles. The van der Waals surface area contributed by atoms with Gasteiger partial charge in [-0.1, -0.05) is 11.6 Å². The number of hydrogen-bond acceptors (Lipinski definition) is 4. The summed E-state index contributed by atoms with van der Waals surface area (Å²) in [5.41, 5.74) is 0.892. The SMILES string of the molecule is CNCCN1C(=O)C(=O)c2cc(OC)c(Cl)cc21. The maximum Gasteiger partial charge on any atom is 0.299 e. The fourth-order valence-corrected chi connectivity index (χ4v) is 2.13. The van der Waals surface area contributed by atoms with Gasteiger partial charge in [0.25, 0.3) is 11.7 Å². The number of ketones is 1. The summed E-state index contributed by atoms with van der Waals surface area (Å²) in [5, 5.41) is 3.32. The third kappa shape index (κ3) is 1.95. The molecule has 1 aliphatic rings. The second-order valence-electron chi connectivity index (χ2n) is 3.89. The van der Waals surface area contributed by atoms with Crippen molar-refractivity contribution >= 4 is 29.0 Å². The highest BCUT2D eigenvalue weighted by Crippen LogP contribution is 2.37. The van der Waals surface area contributed by atoms with Crippen molar-refractivity contribution in [3.05, 3.63) is 22.7 Å². The molecular formula is C12H13ClN2O3. The molecule has 0 spiro atoms. The quantitative estimate of drug-likeness (QED) is 0.831. The van der Waals surface area contributed by atoms with E-state index in [1.54, 1.807) is 13.1 Å². The number of nitrogens with zero attached hydrogens (tertiary/aromatic N) is 1. The number of carbonyl (C=O) groups excluding carboxylic acids is 2. The van der Waals surface area contributed by atoms with Crippen LogP contribution < -0.4 is 15.0 Å². The van der Waals surface area contributed by atoms with E-state index in [4.69, 9.17) is 16.3 Å². The van der Waals surface area contributed by atoms with Gasteiger partial charge in [0.05, 0.1) is 23.4 Å². The van der Waals surface area contributed by atoms with Crippen LogP contribution in [-0.2, 0) is 4.79 Å². The topological polar surface area (TPSA) is 58.6 Å². The molecule has 1 N–H and O–H groups in total. The first kappa shape index (κ1) is 12.9. The van der Waals surface area contributed by atoms with Crippen LogP contribution in [0.4, 0.5) is 5.69 Å². The molecule has 1 aromatic rings. The average Bonchev–Trinajstić information content (AvgIpc) is 2.59. The lowest BCUT2D eigenvalue weighted by atomic mass is 10.1. The van der Waals surface area contributed by atoms with Crippen molar-refractivity contribution in [1.82, 2.24) is 5.32 Å². The van der Waals surface area contributed by atoms with Crippen LogP contribution in [0.3, 0.4) is 0 Å². The van der Waals surface area contributed by atoms with Gasteiger partial charge in [0.1, 0.15) is 5.75 Å². The molecule has 18 heavy (non-hydrogen) atoms. The van der Waals surface area contributed by atoms with Crippen LogP contribution in [0.2, 0.25) is 5.02 Å². The number of nitrogens with one attached hydrogen (secondary N) is 1. The molecule has 0 unspecified atom stereocenters. The molecule has 1 heterocycles. The minimum atomic E-state index is -0.524. The number of hydrogen-bond donors (Lipinski definition) is 1. The Morgan fingerprint density at radius 3 is 2.72 bits per heavy atom. The summed E-state index contributed by atoms with van der Waals surface area (Å²) in [4.78, 5) is 25.1. The number of anilines is 1. The van der Waals surface area contributed by atoms with Crippen LogP contribution in [0.1, 0.15) is 10.4 Å². The average molecular weight is 269 g/mol. The summed E-state index contributed by atoms with van der Waals surface area (Å²) >= 11 is 6.01. The van der Waals surface area contributed by atoms with Crippen molar-refractivity contribution in [2.75, 3.05) is 32.1 Å². The van der Waals surface area contributed by atoms with E-state index in [9.17, 15) is 9.59 Å². The number of Topliss-reactive ketones (excluding diaryl/α,β-unsaturated/α-hetero) is 1. The molecule has 0 fully saturated rings. The highest BCUT2D eigenvalue weighted by atomic mass is 35.5. The summed E-state index contributed by atoms with van der Waals surface area (Å²) in [6, 6.07) is 3.10. The molecule has 0 radical (unpaired) electrons. The van der Waals surface area contributed by atoms with Gasteiger partial charge < -0.3 is 15.0 Å². The summed E-state index contributed by atoms with van der Waals surface area (Å²) in [5.74, 6) is -0.646. The van der Waals surface area contributed by atoms with Gasteiger partial charge in [-0.2, -0.15) is 0 Å². The van der Waals surface area contributed by atoms with Crippen LogP contribution in [-0.4, -0.2) is 38.9 Å². The second-order valence-corrected chi connectivity index (χ2v) is 4.30. The summed E-state index contributed by atoms with van der Waals surface area (Å²) in [6.07, 6.45) is 0. The molecule has 0 aliphatic carbocycles. The van der Waals surface area contributed by atoms with E-state index in [0.29, 0.717) is 35.1 Å². The van der Waals surface area contributed by atoms with Crippen LogP contribution in [0.15, 0.2) is 12.1 Å². The standard InChI is InChI=1S/C12H13ClN2O3/c1-14-3-4-15-9-6-8(13)10(18-2)5-7(9)11(16)12(15)17/h5-6,14H,3-4H2,1-2H3. The van der Waals surface area contributed by atoms with E-state index >= 15 is 0 Å². The van der Waals surface area contributed by atoms with Gasteiger partial charge in [-0.3, -0.25) is 9.59 Å². The van der Waals surface area contributed by atoms with Gasteiger partial charge in [0.2, 0.25) is 0 Å². The molecule has 2 rings (SSSR count). The lowest BCUT2D eigenvalue weighted by Gasteiger charge is -2.16. The molecule has 0 aromatic heterocycles. The number of methoxy groups -OCH3 is 1. The first-order valence-corrected chi connectivity index (χ1v) is 5.86. The Labute approximate surface area is 110 Å². The fraction of sp³-hybridized carbons (Fsp3) is 0.333. The van der Waals surface area contributed by atoms with E-state index in [1.807, 2.05) is 0 Å². The predicted octanol–water partition coefficient (Wildman–Crippen LogP) is 1.10. The van der Waals surface area contributed by atoms with Crippen molar-refractivity contribution in [3.8, 4) is 5.75 Å². The zero-order valence-electron chi connectivity index (χ0n) is 10.1. The van der Waals surface area contributed by atoms with Gasteiger partial charge >= 0.3 is 0 Å². The normalized spacial score (nSPS) is 14.1. The summed E-state index contributed by atoms with van der Waals surface area (Å²) < 4.78 is 5.04. The molecule has 0 atom stereocenters. The van der Waals surface area contributed by atoms with Gasteiger partial charge in [0.15, 0.2) is 0 Å². The Morgan fingerprint density at radius 2 is 2.11 bits per heavy atom. The molecule has 5 nitrogen and oxygen atoms in total. The van der Waals surface area contributed by atoms with Gasteiger partial charge in [-0.15, -0.1) is 0 Å². The minimum Gasteiger partial charge on any atom is -0.495 e. The van der Waals surface area contributed by atoms with Crippen molar-refractivity contribution < 1.29 is 14.3 Å². The lowest BCUT2D eigenvalue weighted by molar-refractivity contribution is -0.114. The van der Waals surface area contributed by atoms with E-state index in [-0.39, 0.29) is 0 Å². The van der Waals surface area contributed by atoms with Crippen molar-refractivity contribution in [3.63, 3.8) is 0 Å². The van der Waals surface area contributed by atoms with Crippen LogP contribution in [0, 0.1) is 0 Å². The molecule has 96 valence electrons. The largest absolute Gasteiger partial charge is 0.495 e. The number of benzene rings is 1. The molecule has 0 bridgehead atoms. The maximum absolute atomic E-state index is 11.8. The van der Waals surface area contributed by atoms with Crippen molar-refractivity contribution in [1.29, 1.82) is 0 Å². The number of rotatable bonds is 4. The molecule has 1 aromatic carbocycles. The highest BCUT2D eigenvalue weighted by Gasteiger charge is 2.36. The number of likely N-dealkylation sites (N-methyl/N-ethyl adjacent to an activating group) is 1. The Morgan fingerprint density at radius 1 is 1.39 bits per heavy atom. The fourth-order valence-electron chi connectivity index (χ4n) is 1.90. The number of amides is 1. The molecule has 1 amide bonds. The van der Waals surface area contributed by atoms with Gasteiger partial charge in [0, 0.05) is 13.1 Å². The molecule has 6 heteroatoms. The predicted molar refractivity (Wildman–Crippen MR) is 68.6 cm³/mol.